The van der Waals surface area contributed by atoms with Gasteiger partial charge in [0.15, 0.2) is 11.5 Å². The average Bonchev–Trinajstić information content (AvgIpc) is 3.07. The van der Waals surface area contributed by atoms with Crippen LogP contribution in [0.4, 0.5) is 5.69 Å². The summed E-state index contributed by atoms with van der Waals surface area (Å²) in [5.74, 6) is 1.94. The SMILES string of the molecule is CCCCc1ccc(N2C(=O)CS[C@@H]2c2cccc(OC)c2OC)cc1. The molecule has 1 amide bonds. The number of unbranched alkanes of at least 4 members (excludes halogenated alkanes) is 1. The zero-order valence-corrected chi connectivity index (χ0v) is 16.3. The molecular weight excluding hydrogens is 346 g/mol. The molecule has 0 N–H and O–H groups in total. The molecule has 2 aromatic carbocycles. The zero-order chi connectivity index (χ0) is 18.5. The number of ether oxygens (including phenoxy) is 2. The van der Waals surface area contributed by atoms with Crippen LogP contribution < -0.4 is 14.4 Å². The maximum atomic E-state index is 12.6. The van der Waals surface area contributed by atoms with E-state index in [1.165, 1.54) is 18.4 Å². The van der Waals surface area contributed by atoms with E-state index in [1.807, 2.05) is 23.1 Å². The van der Waals surface area contributed by atoms with Gasteiger partial charge in [-0.15, -0.1) is 11.8 Å². The predicted molar refractivity (Wildman–Crippen MR) is 107 cm³/mol. The Morgan fingerprint density at radius 1 is 1.12 bits per heavy atom. The fourth-order valence-electron chi connectivity index (χ4n) is 3.24. The average molecular weight is 372 g/mol. The fourth-order valence-corrected chi connectivity index (χ4v) is 4.44. The number of para-hydroxylation sites is 1. The topological polar surface area (TPSA) is 38.8 Å². The number of carbonyl (C=O) groups is 1. The molecule has 0 saturated carbocycles. The van der Waals surface area contributed by atoms with E-state index in [4.69, 9.17) is 9.47 Å². The lowest BCUT2D eigenvalue weighted by molar-refractivity contribution is -0.115. The lowest BCUT2D eigenvalue weighted by atomic mass is 10.1. The number of anilines is 1. The molecule has 0 unspecified atom stereocenters. The van der Waals surface area contributed by atoms with Crippen molar-refractivity contribution in [3.05, 3.63) is 53.6 Å². The van der Waals surface area contributed by atoms with Gasteiger partial charge in [-0.05, 0) is 36.6 Å². The zero-order valence-electron chi connectivity index (χ0n) is 15.5. The molecule has 0 radical (unpaired) electrons. The van der Waals surface area contributed by atoms with Crippen molar-refractivity contribution in [3.8, 4) is 11.5 Å². The first kappa shape index (κ1) is 18.6. The molecule has 0 bridgehead atoms. The molecule has 1 fully saturated rings. The van der Waals surface area contributed by atoms with E-state index < -0.39 is 0 Å². The van der Waals surface area contributed by atoms with Gasteiger partial charge in [0.2, 0.25) is 5.91 Å². The largest absolute Gasteiger partial charge is 0.493 e. The van der Waals surface area contributed by atoms with Gasteiger partial charge < -0.3 is 9.47 Å². The van der Waals surface area contributed by atoms with Crippen LogP contribution >= 0.6 is 11.8 Å². The third-order valence-corrected chi connectivity index (χ3v) is 5.79. The van der Waals surface area contributed by atoms with Gasteiger partial charge in [0.25, 0.3) is 0 Å². The van der Waals surface area contributed by atoms with Crippen molar-refractivity contribution >= 4 is 23.4 Å². The van der Waals surface area contributed by atoms with Gasteiger partial charge in [0.1, 0.15) is 5.37 Å². The quantitative estimate of drug-likeness (QED) is 0.699. The number of rotatable bonds is 7. The number of thioether (sulfide) groups is 1. The molecule has 1 saturated heterocycles. The summed E-state index contributed by atoms with van der Waals surface area (Å²) < 4.78 is 11.0. The summed E-state index contributed by atoms with van der Waals surface area (Å²) in [6, 6.07) is 14.2. The molecule has 5 heteroatoms. The highest BCUT2D eigenvalue weighted by atomic mass is 32.2. The van der Waals surface area contributed by atoms with Crippen LogP contribution in [0.15, 0.2) is 42.5 Å². The van der Waals surface area contributed by atoms with Gasteiger partial charge in [-0.1, -0.05) is 37.6 Å². The van der Waals surface area contributed by atoms with Gasteiger partial charge in [0, 0.05) is 11.3 Å². The Hall–Kier alpha value is -2.14. The lowest BCUT2D eigenvalue weighted by Gasteiger charge is -2.26. The van der Waals surface area contributed by atoms with E-state index in [0.29, 0.717) is 17.3 Å². The summed E-state index contributed by atoms with van der Waals surface area (Å²) in [6.07, 6.45) is 3.44. The molecule has 1 aliphatic rings. The molecule has 138 valence electrons. The van der Waals surface area contributed by atoms with Gasteiger partial charge in [0.05, 0.1) is 20.0 Å². The van der Waals surface area contributed by atoms with E-state index in [-0.39, 0.29) is 11.3 Å². The van der Waals surface area contributed by atoms with Crippen LogP contribution in [0.1, 0.15) is 36.3 Å². The molecule has 0 aliphatic carbocycles. The number of hydrogen-bond donors (Lipinski definition) is 0. The molecular formula is C21H25NO3S. The normalized spacial score (nSPS) is 16.8. The lowest BCUT2D eigenvalue weighted by Crippen LogP contribution is -2.28. The first-order valence-corrected chi connectivity index (χ1v) is 9.98. The maximum Gasteiger partial charge on any atom is 0.238 e. The Morgan fingerprint density at radius 2 is 1.88 bits per heavy atom. The van der Waals surface area contributed by atoms with Gasteiger partial charge in [-0.25, -0.2) is 0 Å². The number of aryl methyl sites for hydroxylation is 1. The van der Waals surface area contributed by atoms with Crippen molar-refractivity contribution in [2.45, 2.75) is 31.6 Å². The number of amides is 1. The number of hydrogen-bond acceptors (Lipinski definition) is 4. The molecule has 0 spiro atoms. The van der Waals surface area contributed by atoms with Crippen molar-refractivity contribution in [1.82, 2.24) is 0 Å². The standard InChI is InChI=1S/C21H25NO3S/c1-4-5-7-15-10-12-16(13-11-15)22-19(23)14-26-21(22)17-8-6-9-18(24-2)20(17)25-3/h6,8-13,21H,4-5,7,14H2,1-3H3/t21-/m1/s1. The predicted octanol–water partition coefficient (Wildman–Crippen LogP) is 4.83. The molecule has 1 atom stereocenters. The van der Waals surface area contributed by atoms with E-state index in [2.05, 4.69) is 31.2 Å². The summed E-state index contributed by atoms with van der Waals surface area (Å²) in [6.45, 7) is 2.20. The monoisotopic (exact) mass is 371 g/mol. The van der Waals surface area contributed by atoms with Gasteiger partial charge in [-0.3, -0.25) is 9.69 Å². The molecule has 1 aliphatic heterocycles. The highest BCUT2D eigenvalue weighted by Crippen LogP contribution is 2.47. The summed E-state index contributed by atoms with van der Waals surface area (Å²) in [5.41, 5.74) is 3.19. The van der Waals surface area contributed by atoms with E-state index in [0.717, 1.165) is 17.7 Å². The molecule has 2 aromatic rings. The molecule has 0 aromatic heterocycles. The van der Waals surface area contributed by atoms with E-state index >= 15 is 0 Å². The Kier molecular flexibility index (Phi) is 6.09. The maximum absolute atomic E-state index is 12.6. The molecule has 3 rings (SSSR count). The van der Waals surface area contributed by atoms with Crippen molar-refractivity contribution < 1.29 is 14.3 Å². The summed E-state index contributed by atoms with van der Waals surface area (Å²) in [4.78, 5) is 14.5. The van der Waals surface area contributed by atoms with Crippen molar-refractivity contribution in [2.75, 3.05) is 24.9 Å². The van der Waals surface area contributed by atoms with Gasteiger partial charge in [-0.2, -0.15) is 0 Å². The Bertz CT molecular complexity index is 760. The second-order valence-electron chi connectivity index (χ2n) is 6.28. The van der Waals surface area contributed by atoms with Crippen LogP contribution in [0.2, 0.25) is 0 Å². The Morgan fingerprint density at radius 3 is 2.54 bits per heavy atom. The summed E-state index contributed by atoms with van der Waals surface area (Å²) in [7, 11) is 3.26. The number of carbonyl (C=O) groups excluding carboxylic acids is 1. The third-order valence-electron chi connectivity index (χ3n) is 4.60. The van der Waals surface area contributed by atoms with Gasteiger partial charge >= 0.3 is 0 Å². The first-order chi connectivity index (χ1) is 12.7. The fraction of sp³-hybridized carbons (Fsp3) is 0.381. The Labute approximate surface area is 159 Å². The molecule has 1 heterocycles. The van der Waals surface area contributed by atoms with Crippen molar-refractivity contribution in [2.24, 2.45) is 0 Å². The number of nitrogens with zero attached hydrogens (tertiary/aromatic N) is 1. The highest BCUT2D eigenvalue weighted by molar-refractivity contribution is 8.00. The summed E-state index contributed by atoms with van der Waals surface area (Å²) in [5, 5.41) is -0.117. The minimum atomic E-state index is -0.117. The smallest absolute Gasteiger partial charge is 0.238 e. The van der Waals surface area contributed by atoms with E-state index in [9.17, 15) is 4.79 Å². The van der Waals surface area contributed by atoms with Crippen LogP contribution in [0.25, 0.3) is 0 Å². The van der Waals surface area contributed by atoms with Crippen LogP contribution in [0.5, 0.6) is 11.5 Å². The second-order valence-corrected chi connectivity index (χ2v) is 7.35. The third kappa shape index (κ3) is 3.68. The van der Waals surface area contributed by atoms with E-state index in [1.54, 1.807) is 26.0 Å². The second kappa shape index (κ2) is 8.49. The number of benzene rings is 2. The Balaban J connectivity index is 1.92. The van der Waals surface area contributed by atoms with Crippen LogP contribution in [0, 0.1) is 0 Å². The minimum Gasteiger partial charge on any atom is -0.493 e. The summed E-state index contributed by atoms with van der Waals surface area (Å²) >= 11 is 1.61. The van der Waals surface area contributed by atoms with Crippen LogP contribution in [0.3, 0.4) is 0 Å². The number of methoxy groups -OCH3 is 2. The minimum absolute atomic E-state index is 0.117. The van der Waals surface area contributed by atoms with Crippen LogP contribution in [-0.4, -0.2) is 25.9 Å². The van der Waals surface area contributed by atoms with Crippen LogP contribution in [-0.2, 0) is 11.2 Å². The highest BCUT2D eigenvalue weighted by Gasteiger charge is 2.36. The first-order valence-electron chi connectivity index (χ1n) is 8.93. The van der Waals surface area contributed by atoms with Crippen molar-refractivity contribution in [1.29, 1.82) is 0 Å². The van der Waals surface area contributed by atoms with Crippen molar-refractivity contribution in [3.63, 3.8) is 0 Å². The molecule has 4 nitrogen and oxygen atoms in total. The molecule has 26 heavy (non-hydrogen) atoms.